The van der Waals surface area contributed by atoms with E-state index in [1.165, 1.54) is 22.3 Å². The van der Waals surface area contributed by atoms with Crippen LogP contribution < -0.4 is 10.1 Å². The lowest BCUT2D eigenvalue weighted by atomic mass is 10.1. The molecule has 9 heteroatoms. The minimum Gasteiger partial charge on any atom is -0.491 e. The van der Waals surface area contributed by atoms with Crippen LogP contribution in [-0.4, -0.2) is 35.9 Å². The second-order valence-electron chi connectivity index (χ2n) is 6.68. The van der Waals surface area contributed by atoms with E-state index >= 15 is 0 Å². The molecule has 1 aliphatic rings. The summed E-state index contributed by atoms with van der Waals surface area (Å²) in [6.07, 6.45) is -2.78. The van der Waals surface area contributed by atoms with Gasteiger partial charge in [0.05, 0.1) is 22.7 Å². The Labute approximate surface area is 170 Å². The predicted octanol–water partition coefficient (Wildman–Crippen LogP) is 4.80. The summed E-state index contributed by atoms with van der Waals surface area (Å²) in [4.78, 5) is 27.5. The molecule has 156 valence electrons. The molecule has 1 fully saturated rings. The van der Waals surface area contributed by atoms with Crippen LogP contribution in [0.4, 0.5) is 18.9 Å². The van der Waals surface area contributed by atoms with E-state index in [1.807, 2.05) is 6.92 Å². The molecule has 0 saturated carbocycles. The largest absolute Gasteiger partial charge is 0.491 e. The Bertz CT molecular complexity index is 868. The minimum absolute atomic E-state index is 0.0475. The van der Waals surface area contributed by atoms with Crippen LogP contribution in [0, 0.1) is 0 Å². The van der Waals surface area contributed by atoms with Crippen LogP contribution in [-0.2, 0) is 11.0 Å². The Kier molecular flexibility index (Phi) is 6.46. The van der Waals surface area contributed by atoms with E-state index in [-0.39, 0.29) is 17.3 Å². The van der Waals surface area contributed by atoms with Crippen molar-refractivity contribution in [2.24, 2.45) is 0 Å². The van der Waals surface area contributed by atoms with Crippen molar-refractivity contribution in [3.63, 3.8) is 0 Å². The molecule has 0 aliphatic carbocycles. The van der Waals surface area contributed by atoms with Crippen LogP contribution in [0.1, 0.15) is 41.4 Å². The number of carbonyl (C=O) groups is 2. The van der Waals surface area contributed by atoms with Gasteiger partial charge in [-0.05, 0) is 48.9 Å². The van der Waals surface area contributed by atoms with E-state index in [2.05, 4.69) is 5.32 Å². The first-order chi connectivity index (χ1) is 13.8. The van der Waals surface area contributed by atoms with E-state index in [1.54, 1.807) is 17.5 Å². The zero-order valence-electron chi connectivity index (χ0n) is 15.8. The minimum atomic E-state index is -4.54. The van der Waals surface area contributed by atoms with Crippen LogP contribution in [0.15, 0.2) is 35.7 Å². The number of likely N-dealkylation sites (tertiary alicyclic amines) is 1. The second-order valence-corrected chi connectivity index (χ2v) is 7.63. The van der Waals surface area contributed by atoms with Gasteiger partial charge in [0, 0.05) is 6.54 Å². The number of hydrogen-bond donors (Lipinski definition) is 1. The maximum absolute atomic E-state index is 13.1. The van der Waals surface area contributed by atoms with E-state index in [9.17, 15) is 22.8 Å². The van der Waals surface area contributed by atoms with Gasteiger partial charge in [0.15, 0.2) is 0 Å². The molecule has 0 spiro atoms. The lowest BCUT2D eigenvalue weighted by Crippen LogP contribution is -2.43. The van der Waals surface area contributed by atoms with Gasteiger partial charge in [0.25, 0.3) is 5.91 Å². The number of alkyl halides is 3. The standard InChI is InChI=1S/C20H21F3N2O3S/c1-2-10-28-16-8-7-13(20(21,22)23)12-14(16)24-18(26)15-5-3-9-25(15)19(27)17-6-4-11-29-17/h4,6-8,11-12,15H,2-3,5,9-10H2,1H3,(H,24,26). The molecule has 1 atom stereocenters. The molecule has 1 unspecified atom stereocenters. The van der Waals surface area contributed by atoms with Crippen LogP contribution in [0.5, 0.6) is 5.75 Å². The first-order valence-electron chi connectivity index (χ1n) is 9.30. The molecule has 2 amide bonds. The molecule has 1 aliphatic heterocycles. The monoisotopic (exact) mass is 426 g/mol. The zero-order valence-corrected chi connectivity index (χ0v) is 16.6. The highest BCUT2D eigenvalue weighted by molar-refractivity contribution is 7.12. The molecule has 1 saturated heterocycles. The highest BCUT2D eigenvalue weighted by Crippen LogP contribution is 2.35. The zero-order chi connectivity index (χ0) is 21.0. The van der Waals surface area contributed by atoms with Gasteiger partial charge in [0.2, 0.25) is 5.91 Å². The van der Waals surface area contributed by atoms with E-state index in [4.69, 9.17) is 4.74 Å². The lowest BCUT2D eigenvalue weighted by molar-refractivity contribution is -0.137. The van der Waals surface area contributed by atoms with Crippen LogP contribution in [0.3, 0.4) is 0 Å². The summed E-state index contributed by atoms with van der Waals surface area (Å²) >= 11 is 1.28. The smallest absolute Gasteiger partial charge is 0.416 e. The fourth-order valence-electron chi connectivity index (χ4n) is 3.18. The maximum Gasteiger partial charge on any atom is 0.416 e. The second kappa shape index (κ2) is 8.86. The Morgan fingerprint density at radius 1 is 1.31 bits per heavy atom. The molecule has 0 bridgehead atoms. The number of anilines is 1. The van der Waals surface area contributed by atoms with Gasteiger partial charge in [-0.2, -0.15) is 13.2 Å². The van der Waals surface area contributed by atoms with Gasteiger partial charge in [-0.15, -0.1) is 11.3 Å². The quantitative estimate of drug-likeness (QED) is 0.722. The number of benzene rings is 1. The van der Waals surface area contributed by atoms with Gasteiger partial charge in [-0.1, -0.05) is 13.0 Å². The van der Waals surface area contributed by atoms with Gasteiger partial charge in [0.1, 0.15) is 11.8 Å². The number of hydrogen-bond acceptors (Lipinski definition) is 4. The van der Waals surface area contributed by atoms with Crippen molar-refractivity contribution in [2.75, 3.05) is 18.5 Å². The lowest BCUT2D eigenvalue weighted by Gasteiger charge is -2.24. The highest BCUT2D eigenvalue weighted by atomic mass is 32.1. The molecule has 2 heterocycles. The van der Waals surface area contributed by atoms with Crippen molar-refractivity contribution >= 4 is 28.8 Å². The van der Waals surface area contributed by atoms with E-state index < -0.39 is 23.7 Å². The fourth-order valence-corrected chi connectivity index (χ4v) is 3.86. The number of ether oxygens (including phenoxy) is 1. The number of nitrogens with one attached hydrogen (secondary N) is 1. The summed E-state index contributed by atoms with van der Waals surface area (Å²) in [7, 11) is 0. The third kappa shape index (κ3) is 4.90. The Morgan fingerprint density at radius 3 is 2.76 bits per heavy atom. The number of halogens is 3. The Morgan fingerprint density at radius 2 is 2.10 bits per heavy atom. The van der Waals surface area contributed by atoms with Crippen LogP contribution >= 0.6 is 11.3 Å². The third-order valence-corrected chi connectivity index (χ3v) is 5.43. The summed E-state index contributed by atoms with van der Waals surface area (Å²) in [6, 6.07) is 5.69. The van der Waals surface area contributed by atoms with Crippen molar-refractivity contribution in [3.05, 3.63) is 46.2 Å². The van der Waals surface area contributed by atoms with Crippen LogP contribution in [0.25, 0.3) is 0 Å². The number of thiophene rings is 1. The summed E-state index contributed by atoms with van der Waals surface area (Å²) in [5.74, 6) is -0.598. The first-order valence-corrected chi connectivity index (χ1v) is 10.2. The van der Waals surface area contributed by atoms with Gasteiger partial charge in [-0.3, -0.25) is 9.59 Å². The average molecular weight is 426 g/mol. The number of carbonyl (C=O) groups excluding carboxylic acids is 2. The van der Waals surface area contributed by atoms with Gasteiger partial charge < -0.3 is 15.0 Å². The Hall–Kier alpha value is -2.55. The van der Waals surface area contributed by atoms with Crippen molar-refractivity contribution in [2.45, 2.75) is 38.4 Å². The summed E-state index contributed by atoms with van der Waals surface area (Å²) in [6.45, 7) is 2.60. The molecule has 3 rings (SSSR count). The molecular weight excluding hydrogens is 405 g/mol. The van der Waals surface area contributed by atoms with Crippen molar-refractivity contribution in [1.82, 2.24) is 4.90 Å². The summed E-state index contributed by atoms with van der Waals surface area (Å²) < 4.78 is 44.8. The van der Waals surface area contributed by atoms with Crippen LogP contribution in [0.2, 0.25) is 0 Å². The predicted molar refractivity (Wildman–Crippen MR) is 104 cm³/mol. The highest BCUT2D eigenvalue weighted by Gasteiger charge is 2.36. The van der Waals surface area contributed by atoms with E-state index in [0.29, 0.717) is 37.3 Å². The van der Waals surface area contributed by atoms with E-state index in [0.717, 1.165) is 12.1 Å². The fraction of sp³-hybridized carbons (Fsp3) is 0.400. The average Bonchev–Trinajstić information content (AvgIpc) is 3.37. The molecule has 0 radical (unpaired) electrons. The third-order valence-electron chi connectivity index (χ3n) is 4.57. The van der Waals surface area contributed by atoms with Crippen molar-refractivity contribution in [3.8, 4) is 5.75 Å². The molecule has 1 aromatic heterocycles. The summed E-state index contributed by atoms with van der Waals surface area (Å²) in [5.41, 5.74) is -0.928. The Balaban J connectivity index is 1.82. The molecule has 1 N–H and O–H groups in total. The molecule has 5 nitrogen and oxygen atoms in total. The van der Waals surface area contributed by atoms with Gasteiger partial charge >= 0.3 is 6.18 Å². The molecule has 1 aromatic carbocycles. The molecular formula is C20H21F3N2O3S. The van der Waals surface area contributed by atoms with Crippen molar-refractivity contribution < 1.29 is 27.5 Å². The SMILES string of the molecule is CCCOc1ccc(C(F)(F)F)cc1NC(=O)C1CCCN1C(=O)c1cccs1. The van der Waals surface area contributed by atoms with Crippen molar-refractivity contribution in [1.29, 1.82) is 0 Å². The topological polar surface area (TPSA) is 58.6 Å². The van der Waals surface area contributed by atoms with Gasteiger partial charge in [-0.25, -0.2) is 0 Å². The number of amides is 2. The number of nitrogens with zero attached hydrogens (tertiary/aromatic N) is 1. The number of rotatable bonds is 6. The molecule has 29 heavy (non-hydrogen) atoms. The summed E-state index contributed by atoms with van der Waals surface area (Å²) in [5, 5.41) is 4.33. The first kappa shape index (κ1) is 21.2. The normalized spacial score (nSPS) is 16.7. The maximum atomic E-state index is 13.1. The molecule has 2 aromatic rings.